The van der Waals surface area contributed by atoms with Gasteiger partial charge in [0.2, 0.25) is 19.7 Å². The highest BCUT2D eigenvalue weighted by molar-refractivity contribution is 7.91. The smallest absolute Gasteiger partial charge is 0.410 e. The number of ketones is 2. The van der Waals surface area contributed by atoms with Crippen molar-refractivity contribution in [3.8, 4) is 0 Å². The van der Waals surface area contributed by atoms with E-state index in [1.807, 2.05) is 13.8 Å². The number of ether oxygens (including phenoxy) is 2. The van der Waals surface area contributed by atoms with Crippen LogP contribution in [0.5, 0.6) is 0 Å². The van der Waals surface area contributed by atoms with Gasteiger partial charge in [-0.25, -0.2) is 35.8 Å². The molecule has 0 saturated carbocycles. The third-order valence-electron chi connectivity index (χ3n) is 11.6. The van der Waals surface area contributed by atoms with Gasteiger partial charge in [0, 0.05) is 37.1 Å². The van der Waals surface area contributed by atoms with Gasteiger partial charge in [0.25, 0.3) is 10.3 Å². The van der Waals surface area contributed by atoms with E-state index >= 15 is 0 Å². The molecule has 0 radical (unpaired) electrons. The van der Waals surface area contributed by atoms with E-state index in [0.29, 0.717) is 12.8 Å². The van der Waals surface area contributed by atoms with E-state index in [-0.39, 0.29) is 93.7 Å². The minimum Gasteiger partial charge on any atom is -0.444 e. The summed E-state index contributed by atoms with van der Waals surface area (Å²) in [6.45, 7) is 14.2. The number of carbonyl (C=O) groups excluding carboxylic acids is 4. The average Bonchev–Trinajstić information content (AvgIpc) is 4.08. The number of rotatable bonds is 14. The number of aryl methyl sites for hydroxylation is 2. The standard InChI is InChI=1S/C46H56N10O10S2/c1-29-12-16-37(17-13-29)67(61,62)41-47-49-51-55(41)27-35-20-31(25-53(35)43(59)65-45(3,4)5)22-39(57)33-10-9-11-34(24-33)40(58)23-32-21-36(54(26-32)44(60)66-46(6,7)8)28-56-42(48-50-52-56)68(63,64)38-18-14-30(2)15-19-38/h9-19,24,31-32,35-36H,20-23,25-28H2,1-8H3/t31-,32-,35+,36+/m1/s1. The summed E-state index contributed by atoms with van der Waals surface area (Å²) < 4.78 is 68.2. The summed E-state index contributed by atoms with van der Waals surface area (Å²) in [6.07, 6.45) is -0.655. The van der Waals surface area contributed by atoms with Crippen LogP contribution in [0.1, 0.15) is 99.1 Å². The highest BCUT2D eigenvalue weighted by Crippen LogP contribution is 2.33. The number of benzene rings is 3. The van der Waals surface area contributed by atoms with Gasteiger partial charge in [-0.05, 0) is 131 Å². The molecule has 0 N–H and O–H groups in total. The Bertz CT molecular complexity index is 2710. The van der Waals surface area contributed by atoms with E-state index in [2.05, 4.69) is 31.1 Å². The number of hydrogen-bond donors (Lipinski definition) is 0. The summed E-state index contributed by atoms with van der Waals surface area (Å²) >= 11 is 0. The zero-order chi connectivity index (χ0) is 49.3. The minimum atomic E-state index is -4.12. The third kappa shape index (κ3) is 11.5. The molecule has 5 aromatic rings. The van der Waals surface area contributed by atoms with Gasteiger partial charge in [-0.1, -0.05) is 63.8 Å². The summed E-state index contributed by atoms with van der Waals surface area (Å²) in [4.78, 5) is 58.1. The summed E-state index contributed by atoms with van der Waals surface area (Å²) in [7, 11) is -8.25. The molecule has 0 bridgehead atoms. The number of tetrazole rings is 2. The number of carbonyl (C=O) groups is 4. The number of likely N-dealkylation sites (tertiary alicyclic amines) is 2. The second kappa shape index (κ2) is 19.3. The Kier molecular flexibility index (Phi) is 14.0. The fourth-order valence-corrected chi connectivity index (χ4v) is 10.9. The highest BCUT2D eigenvalue weighted by atomic mass is 32.2. The van der Waals surface area contributed by atoms with Crippen molar-refractivity contribution in [3.63, 3.8) is 0 Å². The van der Waals surface area contributed by atoms with Crippen LogP contribution in [0.2, 0.25) is 0 Å². The molecule has 68 heavy (non-hydrogen) atoms. The van der Waals surface area contributed by atoms with Crippen molar-refractivity contribution in [1.82, 2.24) is 50.2 Å². The van der Waals surface area contributed by atoms with Crippen LogP contribution in [0.4, 0.5) is 9.59 Å². The fourth-order valence-electron chi connectivity index (χ4n) is 8.44. The van der Waals surface area contributed by atoms with Gasteiger partial charge in [0.05, 0.1) is 35.0 Å². The zero-order valence-corrected chi connectivity index (χ0v) is 40.9. The number of sulfone groups is 2. The monoisotopic (exact) mass is 972 g/mol. The Morgan fingerprint density at radius 1 is 0.588 bits per heavy atom. The Hall–Kier alpha value is -6.42. The number of hydrogen-bond acceptors (Lipinski definition) is 16. The van der Waals surface area contributed by atoms with Gasteiger partial charge in [0.15, 0.2) is 11.6 Å². The van der Waals surface area contributed by atoms with Gasteiger partial charge in [0.1, 0.15) is 11.2 Å². The van der Waals surface area contributed by atoms with Crippen molar-refractivity contribution in [2.75, 3.05) is 13.1 Å². The lowest BCUT2D eigenvalue weighted by Gasteiger charge is -2.28. The topological polar surface area (TPSA) is 249 Å². The second-order valence-electron chi connectivity index (χ2n) is 19.5. The van der Waals surface area contributed by atoms with E-state index in [0.717, 1.165) is 20.5 Å². The quantitative estimate of drug-likeness (QED) is 0.120. The molecule has 0 spiro atoms. The average molecular weight is 973 g/mol. The Morgan fingerprint density at radius 3 is 1.31 bits per heavy atom. The maximum atomic E-state index is 14.0. The molecule has 22 heteroatoms. The van der Waals surface area contributed by atoms with Crippen molar-refractivity contribution in [1.29, 1.82) is 0 Å². The van der Waals surface area contributed by atoms with E-state index in [1.165, 1.54) is 40.1 Å². The molecule has 2 saturated heterocycles. The molecule has 0 unspecified atom stereocenters. The Morgan fingerprint density at radius 2 is 0.956 bits per heavy atom. The lowest BCUT2D eigenvalue weighted by molar-refractivity contribution is 0.0193. The molecule has 2 aliphatic heterocycles. The van der Waals surface area contributed by atoms with E-state index < -0.39 is 55.1 Å². The van der Waals surface area contributed by atoms with Gasteiger partial charge < -0.3 is 19.3 Å². The van der Waals surface area contributed by atoms with Crippen LogP contribution in [0, 0.1) is 25.7 Å². The molecule has 362 valence electrons. The molecule has 7 rings (SSSR count). The molecule has 3 aromatic carbocycles. The van der Waals surface area contributed by atoms with Gasteiger partial charge in [-0.15, -0.1) is 0 Å². The maximum absolute atomic E-state index is 14.0. The summed E-state index contributed by atoms with van der Waals surface area (Å²) in [5.74, 6) is -1.27. The summed E-state index contributed by atoms with van der Waals surface area (Å²) in [5.41, 5.74) is 0.644. The molecule has 4 heterocycles. The summed E-state index contributed by atoms with van der Waals surface area (Å²) in [6, 6.07) is 17.7. The normalized spacial score (nSPS) is 19.0. The number of Topliss-reactive ketones (excluding diaryl/α,β-unsaturated/α-hetero) is 2. The maximum Gasteiger partial charge on any atom is 0.410 e. The second-order valence-corrected chi connectivity index (χ2v) is 23.2. The Balaban J connectivity index is 1.04. The molecular weight excluding hydrogens is 917 g/mol. The molecule has 0 aliphatic carbocycles. The minimum absolute atomic E-state index is 0.00544. The molecule has 2 amide bonds. The number of aromatic nitrogens is 8. The van der Waals surface area contributed by atoms with Crippen molar-refractivity contribution in [3.05, 3.63) is 95.1 Å². The fraction of sp³-hybridized carbons (Fsp3) is 0.478. The largest absolute Gasteiger partial charge is 0.444 e. The van der Waals surface area contributed by atoms with Crippen molar-refractivity contribution < 1.29 is 45.5 Å². The van der Waals surface area contributed by atoms with Crippen LogP contribution in [0.25, 0.3) is 0 Å². The molecule has 20 nitrogen and oxygen atoms in total. The van der Waals surface area contributed by atoms with E-state index in [9.17, 15) is 36.0 Å². The number of amides is 2. The van der Waals surface area contributed by atoms with Crippen LogP contribution < -0.4 is 0 Å². The molecule has 2 aliphatic rings. The highest BCUT2D eigenvalue weighted by Gasteiger charge is 2.42. The molecular formula is C46H56N10O10S2. The van der Waals surface area contributed by atoms with E-state index in [1.54, 1.807) is 84.0 Å². The molecule has 4 atom stereocenters. The first-order valence-electron chi connectivity index (χ1n) is 22.2. The van der Waals surface area contributed by atoms with Gasteiger partial charge in [-0.3, -0.25) is 9.59 Å². The Labute approximate surface area is 395 Å². The van der Waals surface area contributed by atoms with Gasteiger partial charge >= 0.3 is 12.2 Å². The van der Waals surface area contributed by atoms with E-state index in [4.69, 9.17) is 9.47 Å². The van der Waals surface area contributed by atoms with Crippen LogP contribution in [0.15, 0.2) is 92.9 Å². The van der Waals surface area contributed by atoms with Crippen LogP contribution in [-0.4, -0.2) is 127 Å². The summed E-state index contributed by atoms with van der Waals surface area (Å²) in [5, 5.41) is 22.1. The molecule has 2 aromatic heterocycles. The lowest BCUT2D eigenvalue weighted by atomic mass is 9.92. The third-order valence-corrected chi connectivity index (χ3v) is 15.0. The predicted molar refractivity (Wildman–Crippen MR) is 243 cm³/mol. The van der Waals surface area contributed by atoms with Crippen molar-refractivity contribution >= 4 is 43.4 Å². The van der Waals surface area contributed by atoms with Crippen molar-refractivity contribution in [2.24, 2.45) is 11.8 Å². The van der Waals surface area contributed by atoms with Gasteiger partial charge in [-0.2, -0.15) is 0 Å². The molecule has 2 fully saturated rings. The van der Waals surface area contributed by atoms with Crippen molar-refractivity contribution in [2.45, 2.75) is 138 Å². The first-order valence-corrected chi connectivity index (χ1v) is 25.2. The first kappa shape index (κ1) is 49.5. The number of nitrogens with zero attached hydrogens (tertiary/aromatic N) is 10. The lowest BCUT2D eigenvalue weighted by Crippen LogP contribution is -2.42. The van der Waals surface area contributed by atoms with Crippen LogP contribution in [0.3, 0.4) is 0 Å². The van der Waals surface area contributed by atoms with Crippen LogP contribution >= 0.6 is 0 Å². The SMILES string of the molecule is Cc1ccc(S(=O)(=O)c2nnnn2C[C@@H]2C[C@H](CC(=O)c3cccc(C(=O)C[C@H]4C[C@@H](Cn5nnnc5S(=O)(=O)c5ccc(C)cc5)N(C(=O)OC(C)(C)C)C4)c3)CN2C(=O)OC(C)(C)C)cc1. The zero-order valence-electron chi connectivity index (χ0n) is 39.3. The first-order chi connectivity index (χ1) is 31.9. The van der Waals surface area contributed by atoms with Crippen LogP contribution in [-0.2, 0) is 42.2 Å². The predicted octanol–water partition coefficient (Wildman–Crippen LogP) is 5.74.